The van der Waals surface area contributed by atoms with Crippen molar-refractivity contribution in [3.63, 3.8) is 0 Å². The van der Waals surface area contributed by atoms with Crippen molar-refractivity contribution in [1.29, 1.82) is 0 Å². The van der Waals surface area contributed by atoms with Crippen LogP contribution in [-0.4, -0.2) is 55.3 Å². The van der Waals surface area contributed by atoms with Crippen molar-refractivity contribution < 1.29 is 13.2 Å². The summed E-state index contributed by atoms with van der Waals surface area (Å²) in [5, 5.41) is 0.790. The molecule has 0 aliphatic carbocycles. The lowest BCUT2D eigenvalue weighted by molar-refractivity contribution is 0.0628. The number of aromatic nitrogens is 1. The number of piperazine rings is 1. The molecule has 0 radical (unpaired) electrons. The molecule has 1 aliphatic heterocycles. The molecular formula is C31H33N3O3S. The quantitative estimate of drug-likeness (QED) is 0.349. The molecule has 0 bridgehead atoms. The summed E-state index contributed by atoms with van der Waals surface area (Å²) in [6, 6.07) is 20.3. The molecule has 3 aromatic carbocycles. The Bertz CT molecular complexity index is 1580. The smallest absolute Gasteiger partial charge is 0.253 e. The number of pyridine rings is 1. The molecule has 1 aliphatic rings. The SMILES string of the molecule is Cc1cc(C)c(CN2CCN(C(=O)c3ccc(CS(=O)(=O)c4cccc5cccnc45)cc3)CC2)cc1C. The van der Waals surface area contributed by atoms with Gasteiger partial charge in [-0.1, -0.05) is 42.5 Å². The predicted molar refractivity (Wildman–Crippen MR) is 151 cm³/mol. The van der Waals surface area contributed by atoms with Crippen molar-refractivity contribution in [3.8, 4) is 0 Å². The largest absolute Gasteiger partial charge is 0.336 e. The van der Waals surface area contributed by atoms with Gasteiger partial charge in [-0.2, -0.15) is 0 Å². The lowest BCUT2D eigenvalue weighted by Gasteiger charge is -2.35. The van der Waals surface area contributed by atoms with Crippen molar-refractivity contribution in [2.75, 3.05) is 26.2 Å². The van der Waals surface area contributed by atoms with Gasteiger partial charge in [0, 0.05) is 49.9 Å². The molecule has 4 aromatic rings. The number of hydrogen-bond donors (Lipinski definition) is 0. The fraction of sp³-hybridized carbons (Fsp3) is 0.290. The molecule has 0 N–H and O–H groups in total. The Kier molecular flexibility index (Phi) is 7.32. The van der Waals surface area contributed by atoms with Crippen molar-refractivity contribution in [1.82, 2.24) is 14.8 Å². The molecule has 6 nitrogen and oxygen atoms in total. The topological polar surface area (TPSA) is 70.6 Å². The maximum Gasteiger partial charge on any atom is 0.253 e. The van der Waals surface area contributed by atoms with Crippen LogP contribution in [0.25, 0.3) is 10.9 Å². The van der Waals surface area contributed by atoms with Gasteiger partial charge >= 0.3 is 0 Å². The number of para-hydroxylation sites is 1. The molecule has 2 heterocycles. The third kappa shape index (κ3) is 5.49. The lowest BCUT2D eigenvalue weighted by Crippen LogP contribution is -2.48. The van der Waals surface area contributed by atoms with Gasteiger partial charge < -0.3 is 4.90 Å². The van der Waals surface area contributed by atoms with Crippen LogP contribution >= 0.6 is 0 Å². The van der Waals surface area contributed by atoms with E-state index in [1.807, 2.05) is 17.0 Å². The Hall–Kier alpha value is -3.55. The van der Waals surface area contributed by atoms with Gasteiger partial charge in [-0.15, -0.1) is 0 Å². The van der Waals surface area contributed by atoms with Gasteiger partial charge in [0.1, 0.15) is 0 Å². The number of carbonyl (C=O) groups is 1. The minimum absolute atomic E-state index is 0.0142. The number of rotatable bonds is 6. The van der Waals surface area contributed by atoms with Crippen molar-refractivity contribution >= 4 is 26.6 Å². The van der Waals surface area contributed by atoms with Crippen LogP contribution in [0.5, 0.6) is 0 Å². The number of fused-ring (bicyclic) bond motifs is 1. The first-order valence-corrected chi connectivity index (χ1v) is 14.6. The highest BCUT2D eigenvalue weighted by atomic mass is 32.2. The Morgan fingerprint density at radius 3 is 2.26 bits per heavy atom. The highest BCUT2D eigenvalue weighted by Crippen LogP contribution is 2.25. The first kappa shape index (κ1) is 26.1. The second-order valence-electron chi connectivity index (χ2n) is 10.2. The first-order chi connectivity index (χ1) is 18.2. The minimum Gasteiger partial charge on any atom is -0.336 e. The van der Waals surface area contributed by atoms with Crippen LogP contribution in [0.1, 0.15) is 38.2 Å². The molecule has 0 saturated carbocycles. The number of amides is 1. The molecule has 1 amide bonds. The van der Waals surface area contributed by atoms with E-state index in [4.69, 9.17) is 0 Å². The van der Waals surface area contributed by atoms with E-state index in [9.17, 15) is 13.2 Å². The Morgan fingerprint density at radius 1 is 0.842 bits per heavy atom. The first-order valence-electron chi connectivity index (χ1n) is 12.9. The van der Waals surface area contributed by atoms with Crippen LogP contribution in [0.4, 0.5) is 0 Å². The molecule has 1 aromatic heterocycles. The van der Waals surface area contributed by atoms with E-state index in [2.05, 4.69) is 42.8 Å². The summed E-state index contributed by atoms with van der Waals surface area (Å²) in [4.78, 5) is 21.9. The maximum absolute atomic E-state index is 13.2. The Balaban J connectivity index is 1.21. The fourth-order valence-electron chi connectivity index (χ4n) is 5.09. The van der Waals surface area contributed by atoms with E-state index in [1.54, 1.807) is 48.7 Å². The zero-order chi connectivity index (χ0) is 26.9. The predicted octanol–water partition coefficient (Wildman–Crippen LogP) is 5.09. The van der Waals surface area contributed by atoms with E-state index in [1.165, 1.54) is 22.3 Å². The maximum atomic E-state index is 13.2. The molecule has 0 atom stereocenters. The van der Waals surface area contributed by atoms with E-state index in [0.29, 0.717) is 29.7 Å². The van der Waals surface area contributed by atoms with Crippen LogP contribution in [0.3, 0.4) is 0 Å². The standard InChI is InChI=1S/C31H33N3O3S/c1-22-18-24(3)28(19-23(22)2)20-33-14-16-34(17-15-33)31(35)27-11-9-25(10-12-27)21-38(36,37)29-8-4-6-26-7-5-13-32-30(26)29/h4-13,18-19H,14-17,20-21H2,1-3H3. The summed E-state index contributed by atoms with van der Waals surface area (Å²) in [7, 11) is -3.60. The average molecular weight is 528 g/mol. The van der Waals surface area contributed by atoms with Crippen molar-refractivity contribution in [2.45, 2.75) is 38.0 Å². The van der Waals surface area contributed by atoms with Crippen molar-refractivity contribution in [2.24, 2.45) is 0 Å². The molecule has 196 valence electrons. The number of aryl methyl sites for hydroxylation is 3. The van der Waals surface area contributed by atoms with Crippen LogP contribution in [0, 0.1) is 20.8 Å². The lowest BCUT2D eigenvalue weighted by atomic mass is 10.0. The molecule has 0 spiro atoms. The zero-order valence-electron chi connectivity index (χ0n) is 22.1. The third-order valence-electron chi connectivity index (χ3n) is 7.49. The van der Waals surface area contributed by atoms with Crippen molar-refractivity contribution in [3.05, 3.63) is 106 Å². The number of carbonyl (C=O) groups excluding carboxylic acids is 1. The molecular weight excluding hydrogens is 494 g/mol. The van der Waals surface area contributed by atoms with Gasteiger partial charge in [-0.05, 0) is 72.9 Å². The van der Waals surface area contributed by atoms with E-state index in [0.717, 1.165) is 25.0 Å². The number of nitrogens with zero attached hydrogens (tertiary/aromatic N) is 3. The highest BCUT2D eigenvalue weighted by molar-refractivity contribution is 7.90. The summed E-state index contributed by atoms with van der Waals surface area (Å²) in [5.74, 6) is -0.159. The van der Waals surface area contributed by atoms with Crippen LogP contribution in [-0.2, 0) is 22.1 Å². The highest BCUT2D eigenvalue weighted by Gasteiger charge is 2.23. The molecule has 1 fully saturated rings. The third-order valence-corrected chi connectivity index (χ3v) is 9.21. The Morgan fingerprint density at radius 2 is 1.53 bits per heavy atom. The summed E-state index contributed by atoms with van der Waals surface area (Å²) >= 11 is 0. The second-order valence-corrected chi connectivity index (χ2v) is 12.2. The van der Waals surface area contributed by atoms with Crippen LogP contribution in [0.2, 0.25) is 0 Å². The average Bonchev–Trinajstić information content (AvgIpc) is 2.91. The van der Waals surface area contributed by atoms with Gasteiger partial charge in [-0.25, -0.2) is 8.42 Å². The van der Waals surface area contributed by atoms with Gasteiger partial charge in [-0.3, -0.25) is 14.7 Å². The number of hydrogen-bond acceptors (Lipinski definition) is 5. The molecule has 38 heavy (non-hydrogen) atoms. The molecule has 0 unspecified atom stereocenters. The second kappa shape index (κ2) is 10.7. The molecule has 1 saturated heterocycles. The van der Waals surface area contributed by atoms with Crippen LogP contribution in [0.15, 0.2) is 77.8 Å². The van der Waals surface area contributed by atoms with E-state index < -0.39 is 9.84 Å². The summed E-state index contributed by atoms with van der Waals surface area (Å²) in [6.45, 7) is 10.3. The van der Waals surface area contributed by atoms with Gasteiger partial charge in [0.25, 0.3) is 5.91 Å². The molecule has 5 rings (SSSR count). The summed E-state index contributed by atoms with van der Waals surface area (Å²) < 4.78 is 26.4. The number of benzene rings is 3. The monoisotopic (exact) mass is 527 g/mol. The summed E-state index contributed by atoms with van der Waals surface area (Å²) in [5.41, 5.74) is 6.98. The minimum atomic E-state index is -3.60. The van der Waals surface area contributed by atoms with Gasteiger partial charge in [0.2, 0.25) is 0 Å². The van der Waals surface area contributed by atoms with Gasteiger partial charge in [0.05, 0.1) is 16.2 Å². The van der Waals surface area contributed by atoms with Crippen LogP contribution < -0.4 is 0 Å². The Labute approximate surface area is 224 Å². The van der Waals surface area contributed by atoms with E-state index >= 15 is 0 Å². The molecule has 7 heteroatoms. The fourth-order valence-corrected chi connectivity index (χ4v) is 6.63. The van der Waals surface area contributed by atoms with E-state index in [-0.39, 0.29) is 16.6 Å². The zero-order valence-corrected chi connectivity index (χ0v) is 23.0. The number of sulfone groups is 1. The summed E-state index contributed by atoms with van der Waals surface area (Å²) in [6.07, 6.45) is 1.60. The normalized spacial score (nSPS) is 14.7. The van der Waals surface area contributed by atoms with Gasteiger partial charge in [0.15, 0.2) is 9.84 Å².